The van der Waals surface area contributed by atoms with Gasteiger partial charge in [-0.2, -0.15) is 0 Å². The second-order valence-corrected chi connectivity index (χ2v) is 3.55. The predicted octanol–water partition coefficient (Wildman–Crippen LogP) is 2.59. The molecule has 4 heteroatoms. The maximum Gasteiger partial charge on any atom is 0.225 e. The predicted molar refractivity (Wildman–Crippen MR) is 58.5 cm³/mol. The highest BCUT2D eigenvalue weighted by molar-refractivity contribution is 14.1. The summed E-state index contributed by atoms with van der Waals surface area (Å²) in [6.45, 7) is 0. The Labute approximate surface area is 89.7 Å². The number of rotatable bonds is 3. The number of alkyl halides is 1. The molecule has 0 heterocycles. The summed E-state index contributed by atoms with van der Waals surface area (Å²) in [6.07, 6.45) is 0.412. The van der Waals surface area contributed by atoms with Crippen molar-refractivity contribution in [3.8, 4) is 0 Å². The van der Waals surface area contributed by atoms with Crippen molar-refractivity contribution in [3.63, 3.8) is 0 Å². The lowest BCUT2D eigenvalue weighted by Crippen LogP contribution is -2.12. The van der Waals surface area contributed by atoms with Crippen LogP contribution in [-0.4, -0.2) is 10.3 Å². The van der Waals surface area contributed by atoms with Gasteiger partial charge in [0.2, 0.25) is 5.91 Å². The molecule has 1 rings (SSSR count). The summed E-state index contributed by atoms with van der Waals surface area (Å²) in [5.41, 5.74) is 0.248. The summed E-state index contributed by atoms with van der Waals surface area (Å²) < 4.78 is 13.7. The fourth-order valence-corrected chi connectivity index (χ4v) is 1.35. The van der Waals surface area contributed by atoms with Gasteiger partial charge in [0.15, 0.2) is 0 Å². The molecule has 0 atom stereocenters. The standard InChI is InChI=1S/C9H9FINO/c10-7-3-1-2-4-8(7)12-9(13)5-6-11/h1-4H,5-6H2,(H,12,13). The zero-order valence-electron chi connectivity index (χ0n) is 6.89. The number of para-hydroxylation sites is 1. The average Bonchev–Trinajstić information content (AvgIpc) is 2.09. The molecule has 0 saturated carbocycles. The molecule has 1 N–H and O–H groups in total. The molecule has 1 aromatic carbocycles. The second kappa shape index (κ2) is 5.16. The van der Waals surface area contributed by atoms with Crippen LogP contribution in [0, 0.1) is 5.82 Å². The van der Waals surface area contributed by atoms with Crippen LogP contribution in [0.25, 0.3) is 0 Å². The number of hydrogen-bond donors (Lipinski definition) is 1. The van der Waals surface area contributed by atoms with Crippen LogP contribution in [0.4, 0.5) is 10.1 Å². The van der Waals surface area contributed by atoms with Gasteiger partial charge >= 0.3 is 0 Å². The molecule has 13 heavy (non-hydrogen) atoms. The van der Waals surface area contributed by atoms with E-state index in [1.54, 1.807) is 18.2 Å². The van der Waals surface area contributed by atoms with Crippen LogP contribution in [-0.2, 0) is 4.79 Å². The number of amides is 1. The fourth-order valence-electron chi connectivity index (χ4n) is 0.861. The van der Waals surface area contributed by atoms with Crippen LogP contribution in [0.2, 0.25) is 0 Å². The van der Waals surface area contributed by atoms with E-state index in [0.29, 0.717) is 6.42 Å². The van der Waals surface area contributed by atoms with Crippen LogP contribution >= 0.6 is 22.6 Å². The molecular weight excluding hydrogens is 284 g/mol. The van der Waals surface area contributed by atoms with Crippen molar-refractivity contribution in [2.45, 2.75) is 6.42 Å². The van der Waals surface area contributed by atoms with E-state index < -0.39 is 5.82 Å². The van der Waals surface area contributed by atoms with Gasteiger partial charge in [-0.25, -0.2) is 4.39 Å². The molecule has 0 aliphatic carbocycles. The maximum atomic E-state index is 13.0. The first kappa shape index (κ1) is 10.4. The van der Waals surface area contributed by atoms with Crippen LogP contribution in [0.1, 0.15) is 6.42 Å². The first-order valence-corrected chi connectivity index (χ1v) is 5.37. The maximum absolute atomic E-state index is 13.0. The van der Waals surface area contributed by atoms with Gasteiger partial charge in [-0.1, -0.05) is 34.7 Å². The number of carbonyl (C=O) groups is 1. The average molecular weight is 293 g/mol. The lowest BCUT2D eigenvalue weighted by Gasteiger charge is -2.03. The Morgan fingerprint density at radius 1 is 1.46 bits per heavy atom. The normalized spacial score (nSPS) is 9.69. The number of benzene rings is 1. The van der Waals surface area contributed by atoms with E-state index in [9.17, 15) is 9.18 Å². The third-order valence-corrected chi connectivity index (χ3v) is 2.01. The van der Waals surface area contributed by atoms with Gasteiger partial charge in [0, 0.05) is 10.8 Å². The quantitative estimate of drug-likeness (QED) is 0.673. The van der Waals surface area contributed by atoms with Gasteiger partial charge in [-0.05, 0) is 12.1 Å². The van der Waals surface area contributed by atoms with E-state index in [4.69, 9.17) is 0 Å². The summed E-state index contributed by atoms with van der Waals surface area (Å²) in [5, 5.41) is 2.49. The molecule has 0 aliphatic rings. The Balaban J connectivity index is 2.63. The first-order valence-electron chi connectivity index (χ1n) is 3.84. The molecule has 0 unspecified atom stereocenters. The minimum absolute atomic E-state index is 0.153. The highest BCUT2D eigenvalue weighted by Gasteiger charge is 2.04. The highest BCUT2D eigenvalue weighted by Crippen LogP contribution is 2.12. The molecule has 0 spiro atoms. The van der Waals surface area contributed by atoms with Gasteiger partial charge in [-0.3, -0.25) is 4.79 Å². The van der Waals surface area contributed by atoms with E-state index in [-0.39, 0.29) is 11.6 Å². The van der Waals surface area contributed by atoms with E-state index in [1.165, 1.54) is 6.07 Å². The third-order valence-electron chi connectivity index (χ3n) is 1.47. The van der Waals surface area contributed by atoms with Crippen LogP contribution < -0.4 is 5.32 Å². The molecule has 0 bridgehead atoms. The van der Waals surface area contributed by atoms with Crippen molar-refractivity contribution in [2.75, 3.05) is 9.74 Å². The highest BCUT2D eigenvalue weighted by atomic mass is 127. The molecule has 0 saturated heterocycles. The summed E-state index contributed by atoms with van der Waals surface area (Å²) >= 11 is 2.10. The molecule has 0 fully saturated rings. The summed E-state index contributed by atoms with van der Waals surface area (Å²) in [4.78, 5) is 11.1. The van der Waals surface area contributed by atoms with E-state index >= 15 is 0 Å². The fraction of sp³-hybridized carbons (Fsp3) is 0.222. The monoisotopic (exact) mass is 293 g/mol. The minimum Gasteiger partial charge on any atom is -0.324 e. The molecule has 70 valence electrons. The summed E-state index contributed by atoms with van der Waals surface area (Å²) in [5.74, 6) is -0.552. The SMILES string of the molecule is O=C(CCI)Nc1ccccc1F. The number of anilines is 1. The van der Waals surface area contributed by atoms with Gasteiger partial charge < -0.3 is 5.32 Å². The van der Waals surface area contributed by atoms with Crippen molar-refractivity contribution in [3.05, 3.63) is 30.1 Å². The van der Waals surface area contributed by atoms with Crippen LogP contribution in [0.15, 0.2) is 24.3 Å². The zero-order valence-corrected chi connectivity index (χ0v) is 9.05. The number of halogens is 2. The molecule has 1 amide bonds. The Kier molecular flexibility index (Phi) is 4.14. The van der Waals surface area contributed by atoms with Crippen molar-refractivity contribution in [2.24, 2.45) is 0 Å². The topological polar surface area (TPSA) is 29.1 Å². The molecule has 0 aromatic heterocycles. The Hall–Kier alpha value is -0.650. The van der Waals surface area contributed by atoms with Crippen molar-refractivity contribution < 1.29 is 9.18 Å². The van der Waals surface area contributed by atoms with Gasteiger partial charge in [-0.15, -0.1) is 0 Å². The number of hydrogen-bond acceptors (Lipinski definition) is 1. The summed E-state index contributed by atoms with van der Waals surface area (Å²) in [6, 6.07) is 6.13. The van der Waals surface area contributed by atoms with E-state index in [0.717, 1.165) is 4.43 Å². The molecule has 0 radical (unpaired) electrons. The molecule has 2 nitrogen and oxygen atoms in total. The molecule has 1 aromatic rings. The van der Waals surface area contributed by atoms with Crippen molar-refractivity contribution in [1.82, 2.24) is 0 Å². The zero-order chi connectivity index (χ0) is 9.68. The third kappa shape index (κ3) is 3.30. The van der Waals surface area contributed by atoms with Gasteiger partial charge in [0.05, 0.1) is 5.69 Å². The number of carbonyl (C=O) groups excluding carboxylic acids is 1. The lowest BCUT2D eigenvalue weighted by atomic mass is 10.3. The smallest absolute Gasteiger partial charge is 0.225 e. The Bertz CT molecular complexity index is 303. The van der Waals surface area contributed by atoms with E-state index in [2.05, 4.69) is 27.9 Å². The first-order chi connectivity index (χ1) is 6.24. The van der Waals surface area contributed by atoms with E-state index in [1.807, 2.05) is 0 Å². The van der Waals surface area contributed by atoms with Crippen LogP contribution in [0.5, 0.6) is 0 Å². The number of nitrogens with one attached hydrogen (secondary N) is 1. The minimum atomic E-state index is -0.399. The Morgan fingerprint density at radius 2 is 2.15 bits per heavy atom. The van der Waals surface area contributed by atoms with Gasteiger partial charge in [0.25, 0.3) is 0 Å². The van der Waals surface area contributed by atoms with Crippen molar-refractivity contribution in [1.29, 1.82) is 0 Å². The summed E-state index contributed by atoms with van der Waals surface area (Å²) in [7, 11) is 0. The second-order valence-electron chi connectivity index (χ2n) is 2.47. The largest absolute Gasteiger partial charge is 0.324 e. The van der Waals surface area contributed by atoms with Crippen molar-refractivity contribution >= 4 is 34.2 Å². The molecule has 0 aliphatic heterocycles. The Morgan fingerprint density at radius 3 is 2.77 bits per heavy atom. The van der Waals surface area contributed by atoms with Gasteiger partial charge in [0.1, 0.15) is 5.82 Å². The lowest BCUT2D eigenvalue weighted by molar-refractivity contribution is -0.115. The van der Waals surface area contributed by atoms with Crippen LogP contribution in [0.3, 0.4) is 0 Å². The molecular formula is C9H9FINO.